The molecule has 0 spiro atoms. The van der Waals surface area contributed by atoms with Crippen molar-refractivity contribution in [3.63, 3.8) is 0 Å². The fraction of sp³-hybridized carbons (Fsp3) is 0.412. The fourth-order valence-electron chi connectivity index (χ4n) is 2.28. The average Bonchev–Trinajstić information content (AvgIpc) is 3.01. The molecule has 6 nitrogen and oxygen atoms in total. The van der Waals surface area contributed by atoms with Gasteiger partial charge in [0, 0.05) is 24.0 Å². The van der Waals surface area contributed by atoms with Crippen molar-refractivity contribution in [2.24, 2.45) is 5.92 Å². The predicted octanol–water partition coefficient (Wildman–Crippen LogP) is 2.56. The number of carbonyl (C=O) groups excluding carboxylic acids is 2. The summed E-state index contributed by atoms with van der Waals surface area (Å²) in [7, 11) is 0. The number of hydrogen-bond donors (Lipinski definition) is 2. The molecule has 2 aromatic rings. The highest BCUT2D eigenvalue weighted by Gasteiger charge is 2.23. The van der Waals surface area contributed by atoms with Crippen LogP contribution in [0.2, 0.25) is 0 Å². The van der Waals surface area contributed by atoms with E-state index in [1.165, 1.54) is 11.3 Å². The highest BCUT2D eigenvalue weighted by molar-refractivity contribution is 7.13. The van der Waals surface area contributed by atoms with Gasteiger partial charge in [0.15, 0.2) is 5.13 Å². The standard InChI is InChI=1S/C17H22N4O2S/c1-11(2)8-14(16(23)21-17-19-6-7-24-17)20-15(22)9-13-10-18-5-4-12(13)3/h4-7,10-11,14H,8-9H2,1-3H3,(H,20,22)(H,19,21,23). The molecule has 2 amide bonds. The van der Waals surface area contributed by atoms with E-state index in [2.05, 4.69) is 20.6 Å². The zero-order valence-corrected chi connectivity index (χ0v) is 14.9. The van der Waals surface area contributed by atoms with Crippen molar-refractivity contribution in [3.8, 4) is 0 Å². The molecule has 0 bridgehead atoms. The topological polar surface area (TPSA) is 84.0 Å². The Morgan fingerprint density at radius 1 is 1.29 bits per heavy atom. The van der Waals surface area contributed by atoms with Gasteiger partial charge in [-0.15, -0.1) is 11.3 Å². The monoisotopic (exact) mass is 346 g/mol. The molecule has 2 rings (SSSR count). The minimum absolute atomic E-state index is 0.189. The van der Waals surface area contributed by atoms with Crippen molar-refractivity contribution >= 4 is 28.3 Å². The number of rotatable bonds is 7. The first-order valence-electron chi connectivity index (χ1n) is 7.85. The number of aryl methyl sites for hydroxylation is 1. The molecular weight excluding hydrogens is 324 g/mol. The highest BCUT2D eigenvalue weighted by Crippen LogP contribution is 2.13. The normalized spacial score (nSPS) is 12.0. The van der Waals surface area contributed by atoms with E-state index in [0.717, 1.165) is 11.1 Å². The van der Waals surface area contributed by atoms with Crippen LogP contribution in [0.25, 0.3) is 0 Å². The number of thiazole rings is 1. The van der Waals surface area contributed by atoms with Crippen LogP contribution in [0.15, 0.2) is 30.0 Å². The van der Waals surface area contributed by atoms with E-state index in [1.54, 1.807) is 24.0 Å². The molecule has 1 atom stereocenters. The molecule has 0 aliphatic carbocycles. The maximum absolute atomic E-state index is 12.4. The lowest BCUT2D eigenvalue weighted by Gasteiger charge is -2.19. The minimum Gasteiger partial charge on any atom is -0.344 e. The molecule has 2 N–H and O–H groups in total. The van der Waals surface area contributed by atoms with Crippen molar-refractivity contribution in [1.82, 2.24) is 15.3 Å². The molecule has 0 aliphatic rings. The maximum Gasteiger partial charge on any atom is 0.248 e. The average molecular weight is 346 g/mol. The summed E-state index contributed by atoms with van der Waals surface area (Å²) in [6.07, 6.45) is 5.77. The first-order chi connectivity index (χ1) is 11.5. The molecular formula is C17H22N4O2S. The SMILES string of the molecule is Cc1ccncc1CC(=O)NC(CC(C)C)C(=O)Nc1nccs1. The molecule has 0 aliphatic heterocycles. The number of aromatic nitrogens is 2. The summed E-state index contributed by atoms with van der Waals surface area (Å²) in [4.78, 5) is 32.8. The molecule has 0 radical (unpaired) electrons. The third kappa shape index (κ3) is 5.42. The molecule has 0 fully saturated rings. The Hall–Kier alpha value is -2.28. The molecule has 2 heterocycles. The van der Waals surface area contributed by atoms with Gasteiger partial charge >= 0.3 is 0 Å². The van der Waals surface area contributed by atoms with Gasteiger partial charge < -0.3 is 10.6 Å². The van der Waals surface area contributed by atoms with Crippen LogP contribution in [0, 0.1) is 12.8 Å². The van der Waals surface area contributed by atoms with Crippen molar-refractivity contribution in [2.75, 3.05) is 5.32 Å². The zero-order chi connectivity index (χ0) is 17.5. The van der Waals surface area contributed by atoms with Gasteiger partial charge in [0.25, 0.3) is 0 Å². The first-order valence-corrected chi connectivity index (χ1v) is 8.73. The number of carbonyl (C=O) groups is 2. The van der Waals surface area contributed by atoms with Crippen LogP contribution in [0.1, 0.15) is 31.4 Å². The number of anilines is 1. The van der Waals surface area contributed by atoms with Crippen LogP contribution >= 0.6 is 11.3 Å². The number of pyridine rings is 1. The maximum atomic E-state index is 12.4. The van der Waals surface area contributed by atoms with Gasteiger partial charge in [-0.3, -0.25) is 14.6 Å². The predicted molar refractivity (Wildman–Crippen MR) is 94.8 cm³/mol. The smallest absolute Gasteiger partial charge is 0.248 e. The second-order valence-corrected chi connectivity index (χ2v) is 6.95. The first kappa shape index (κ1) is 18.1. The summed E-state index contributed by atoms with van der Waals surface area (Å²) >= 11 is 1.35. The molecule has 0 saturated heterocycles. The van der Waals surface area contributed by atoms with Gasteiger partial charge in [0.2, 0.25) is 11.8 Å². The van der Waals surface area contributed by atoms with Crippen LogP contribution in [0.3, 0.4) is 0 Å². The van der Waals surface area contributed by atoms with Crippen molar-refractivity contribution < 1.29 is 9.59 Å². The van der Waals surface area contributed by atoms with E-state index in [4.69, 9.17) is 0 Å². The summed E-state index contributed by atoms with van der Waals surface area (Å²) in [5.74, 6) is -0.154. The second-order valence-electron chi connectivity index (χ2n) is 6.06. The Balaban J connectivity index is 2.00. The fourth-order valence-corrected chi connectivity index (χ4v) is 2.81. The highest BCUT2D eigenvalue weighted by atomic mass is 32.1. The Morgan fingerprint density at radius 3 is 2.71 bits per heavy atom. The number of hydrogen-bond acceptors (Lipinski definition) is 5. The van der Waals surface area contributed by atoms with E-state index in [0.29, 0.717) is 11.6 Å². The third-order valence-electron chi connectivity index (χ3n) is 3.52. The van der Waals surface area contributed by atoms with E-state index in [9.17, 15) is 9.59 Å². The lowest BCUT2D eigenvalue weighted by atomic mass is 10.0. The molecule has 2 aromatic heterocycles. The Labute approximate surface area is 145 Å². The van der Waals surface area contributed by atoms with Crippen LogP contribution < -0.4 is 10.6 Å². The van der Waals surface area contributed by atoms with Gasteiger partial charge in [-0.25, -0.2) is 4.98 Å². The van der Waals surface area contributed by atoms with E-state index in [1.807, 2.05) is 26.8 Å². The van der Waals surface area contributed by atoms with Crippen molar-refractivity contribution in [3.05, 3.63) is 41.2 Å². The van der Waals surface area contributed by atoms with Gasteiger partial charge in [0.1, 0.15) is 6.04 Å². The van der Waals surface area contributed by atoms with Crippen molar-refractivity contribution in [1.29, 1.82) is 0 Å². The molecule has 1 unspecified atom stereocenters. The van der Waals surface area contributed by atoms with Gasteiger partial charge in [-0.2, -0.15) is 0 Å². The number of amides is 2. The lowest BCUT2D eigenvalue weighted by molar-refractivity contribution is -0.126. The third-order valence-corrected chi connectivity index (χ3v) is 4.21. The number of nitrogens with one attached hydrogen (secondary N) is 2. The van der Waals surface area contributed by atoms with Gasteiger partial charge in [-0.05, 0) is 36.5 Å². The Morgan fingerprint density at radius 2 is 2.08 bits per heavy atom. The number of nitrogens with zero attached hydrogens (tertiary/aromatic N) is 2. The van der Waals surface area contributed by atoms with Gasteiger partial charge in [-0.1, -0.05) is 13.8 Å². The summed E-state index contributed by atoms with van der Waals surface area (Å²) in [5, 5.41) is 7.91. The van der Waals surface area contributed by atoms with E-state index in [-0.39, 0.29) is 24.2 Å². The second kappa shape index (κ2) is 8.54. The molecule has 24 heavy (non-hydrogen) atoms. The summed E-state index contributed by atoms with van der Waals surface area (Å²) in [6, 6.07) is 1.28. The summed E-state index contributed by atoms with van der Waals surface area (Å²) < 4.78 is 0. The van der Waals surface area contributed by atoms with Crippen molar-refractivity contribution in [2.45, 2.75) is 39.7 Å². The largest absolute Gasteiger partial charge is 0.344 e. The molecule has 0 saturated carbocycles. The minimum atomic E-state index is -0.585. The molecule has 128 valence electrons. The van der Waals surface area contributed by atoms with E-state index >= 15 is 0 Å². The Kier molecular flexibility index (Phi) is 6.43. The van der Waals surface area contributed by atoms with Gasteiger partial charge in [0.05, 0.1) is 6.42 Å². The molecule has 7 heteroatoms. The van der Waals surface area contributed by atoms with Crippen LogP contribution in [0.4, 0.5) is 5.13 Å². The zero-order valence-electron chi connectivity index (χ0n) is 14.1. The Bertz CT molecular complexity index is 686. The van der Waals surface area contributed by atoms with E-state index < -0.39 is 6.04 Å². The van der Waals surface area contributed by atoms with Crippen LogP contribution in [-0.4, -0.2) is 27.8 Å². The summed E-state index contributed by atoms with van der Waals surface area (Å²) in [5.41, 5.74) is 1.87. The molecule has 0 aromatic carbocycles. The lowest BCUT2D eigenvalue weighted by Crippen LogP contribution is -2.45. The van der Waals surface area contributed by atoms with Crippen LogP contribution in [-0.2, 0) is 16.0 Å². The summed E-state index contributed by atoms with van der Waals surface area (Å²) in [6.45, 7) is 5.97. The quantitative estimate of drug-likeness (QED) is 0.807. The van der Waals surface area contributed by atoms with Crippen LogP contribution in [0.5, 0.6) is 0 Å².